The summed E-state index contributed by atoms with van der Waals surface area (Å²) < 4.78 is 53.4. The number of nitrogen functional groups attached to an aromatic ring is 1. The van der Waals surface area contributed by atoms with Crippen molar-refractivity contribution in [1.29, 1.82) is 0 Å². The van der Waals surface area contributed by atoms with Gasteiger partial charge in [0.2, 0.25) is 0 Å². The predicted molar refractivity (Wildman–Crippen MR) is 159 cm³/mol. The van der Waals surface area contributed by atoms with Crippen LogP contribution in [0.5, 0.6) is 5.75 Å². The first kappa shape index (κ1) is 31.3. The monoisotopic (exact) mass is 626 g/mol. The molecule has 0 radical (unpaired) electrons. The number of fused-ring (bicyclic) bond motifs is 1. The fourth-order valence-corrected chi connectivity index (χ4v) is 6.29. The number of ether oxygens (including phenoxy) is 2. The largest absolute Gasteiger partial charge is 0.460 e. The molecule has 1 aliphatic rings. The van der Waals surface area contributed by atoms with Crippen LogP contribution in [0.3, 0.4) is 0 Å². The van der Waals surface area contributed by atoms with Gasteiger partial charge in [-0.05, 0) is 36.9 Å². The van der Waals surface area contributed by atoms with Gasteiger partial charge >= 0.3 is 19.4 Å². The molecule has 3 unspecified atom stereocenters. The lowest BCUT2D eigenvalue weighted by Gasteiger charge is -2.25. The maximum absolute atomic E-state index is 15.7. The number of nitrogens with two attached hydrogens (primary N) is 1. The third-order valence-corrected chi connectivity index (χ3v) is 8.76. The van der Waals surface area contributed by atoms with Crippen LogP contribution < -0.4 is 21.0 Å². The minimum absolute atomic E-state index is 0.0149. The Labute approximate surface area is 252 Å². The van der Waals surface area contributed by atoms with Crippen LogP contribution in [-0.2, 0) is 30.0 Å². The molecule has 0 bridgehead atoms. The van der Waals surface area contributed by atoms with E-state index in [1.807, 2.05) is 24.3 Å². The number of aliphatic hydroxyl groups is 1. The summed E-state index contributed by atoms with van der Waals surface area (Å²) in [5, 5.41) is 14.8. The maximum atomic E-state index is 15.7. The Balaban J connectivity index is 1.36. The molecule has 6 atom stereocenters. The van der Waals surface area contributed by atoms with E-state index in [0.29, 0.717) is 5.39 Å². The highest BCUT2D eigenvalue weighted by Crippen LogP contribution is 2.48. The second kappa shape index (κ2) is 12.8. The number of carbonyl (C=O) groups is 1. The van der Waals surface area contributed by atoms with Gasteiger partial charge in [0.05, 0.1) is 6.61 Å². The highest BCUT2D eigenvalue weighted by atomic mass is 31.2. The number of esters is 1. The number of alkyl halides is 1. The molecule has 14 heteroatoms. The lowest BCUT2D eigenvalue weighted by atomic mass is 9.98. The van der Waals surface area contributed by atoms with Gasteiger partial charge in [-0.25, -0.2) is 13.8 Å². The molecule has 0 spiro atoms. The standard InChI is InChI=1S/C30H32FN4O8P/c1-19(27(37)40-17-20-9-4-3-5-10-20)34-44(39,43-23-14-8-12-21-11-6-7-13-22(21)23)41-18-24-26(36)30(2,31)28(42-24)35-16-15-25(32)33-29(35)38/h3-16,19,24,26,28,36H,17-18H2,1-2H3,(H,34,39)(H2,32,33,38)/t19-,24+,26?,28+,30?,44?/m0/s1. The molecule has 2 heterocycles. The van der Waals surface area contributed by atoms with Gasteiger partial charge in [0.1, 0.15) is 36.4 Å². The van der Waals surface area contributed by atoms with Gasteiger partial charge < -0.3 is 24.8 Å². The van der Waals surface area contributed by atoms with E-state index < -0.39 is 56.2 Å². The molecule has 1 fully saturated rings. The molecule has 5 rings (SSSR count). The summed E-state index contributed by atoms with van der Waals surface area (Å²) in [5.41, 5.74) is 2.93. The van der Waals surface area contributed by atoms with Crippen LogP contribution in [0, 0.1) is 0 Å². The first-order valence-electron chi connectivity index (χ1n) is 13.7. The fraction of sp³-hybridized carbons (Fsp3) is 0.300. The van der Waals surface area contributed by atoms with Gasteiger partial charge in [-0.3, -0.25) is 13.9 Å². The Kier molecular flexibility index (Phi) is 9.14. The van der Waals surface area contributed by atoms with Gasteiger partial charge in [-0.15, -0.1) is 0 Å². The maximum Gasteiger partial charge on any atom is 0.459 e. The quantitative estimate of drug-likeness (QED) is 0.163. The van der Waals surface area contributed by atoms with Crippen molar-refractivity contribution < 1.29 is 37.4 Å². The van der Waals surface area contributed by atoms with Crippen molar-refractivity contribution in [3.05, 3.63) is 101 Å². The molecular formula is C30H32FN4O8P. The number of nitrogens with zero attached hydrogens (tertiary/aromatic N) is 2. The van der Waals surface area contributed by atoms with E-state index in [0.717, 1.165) is 22.4 Å². The first-order chi connectivity index (χ1) is 21.0. The Bertz CT molecular complexity index is 1730. The lowest BCUT2D eigenvalue weighted by molar-refractivity contribution is -0.146. The number of rotatable bonds is 11. The van der Waals surface area contributed by atoms with E-state index in [-0.39, 0.29) is 18.2 Å². The minimum Gasteiger partial charge on any atom is -0.460 e. The molecule has 1 aromatic heterocycles. The van der Waals surface area contributed by atoms with Gasteiger partial charge in [0.15, 0.2) is 11.9 Å². The summed E-state index contributed by atoms with van der Waals surface area (Å²) in [6.07, 6.45) is -3.60. The summed E-state index contributed by atoms with van der Waals surface area (Å²) in [6.45, 7) is 1.82. The zero-order valence-corrected chi connectivity index (χ0v) is 24.8. The van der Waals surface area contributed by atoms with E-state index in [9.17, 15) is 19.3 Å². The van der Waals surface area contributed by atoms with E-state index in [4.69, 9.17) is 24.3 Å². The number of nitrogens with one attached hydrogen (secondary N) is 1. The smallest absolute Gasteiger partial charge is 0.459 e. The zero-order valence-electron chi connectivity index (χ0n) is 23.9. The van der Waals surface area contributed by atoms with Gasteiger partial charge in [0.25, 0.3) is 0 Å². The van der Waals surface area contributed by atoms with Crippen molar-refractivity contribution in [2.75, 3.05) is 12.3 Å². The Morgan fingerprint density at radius 1 is 1.16 bits per heavy atom. The molecular weight excluding hydrogens is 594 g/mol. The normalized spacial score (nSPS) is 23.6. The van der Waals surface area contributed by atoms with Gasteiger partial charge in [-0.2, -0.15) is 10.1 Å². The highest BCUT2D eigenvalue weighted by Gasteiger charge is 2.56. The molecule has 4 N–H and O–H groups in total. The summed E-state index contributed by atoms with van der Waals surface area (Å²) in [6, 6.07) is 21.4. The third kappa shape index (κ3) is 6.82. The predicted octanol–water partition coefficient (Wildman–Crippen LogP) is 3.89. The molecule has 12 nitrogen and oxygen atoms in total. The molecule has 0 amide bonds. The van der Waals surface area contributed by atoms with E-state index in [2.05, 4.69) is 10.1 Å². The summed E-state index contributed by atoms with van der Waals surface area (Å²) in [4.78, 5) is 28.8. The molecule has 1 saturated heterocycles. The Hall–Kier alpha value is -4.13. The highest BCUT2D eigenvalue weighted by molar-refractivity contribution is 7.52. The van der Waals surface area contributed by atoms with E-state index in [1.165, 1.54) is 19.2 Å². The molecule has 0 saturated carbocycles. The number of hydrogen-bond acceptors (Lipinski definition) is 10. The number of benzene rings is 3. The van der Waals surface area contributed by atoms with Crippen LogP contribution in [0.25, 0.3) is 10.8 Å². The molecule has 4 aromatic rings. The van der Waals surface area contributed by atoms with Crippen molar-refractivity contribution in [2.45, 2.75) is 50.6 Å². The number of halogens is 1. The van der Waals surface area contributed by atoms with E-state index >= 15 is 4.39 Å². The van der Waals surface area contributed by atoms with Crippen molar-refractivity contribution in [3.63, 3.8) is 0 Å². The van der Waals surface area contributed by atoms with Crippen LogP contribution in [0.15, 0.2) is 89.9 Å². The average molecular weight is 627 g/mol. The van der Waals surface area contributed by atoms with Crippen LogP contribution in [0.1, 0.15) is 25.6 Å². The SMILES string of the molecule is C[C@H](NP(=O)(OC[C@H]1O[C@@H](n2ccc(N)nc2=O)C(C)(F)C1O)Oc1cccc2ccccc12)C(=O)OCc1ccccc1. The lowest BCUT2D eigenvalue weighted by Crippen LogP contribution is -2.43. The number of hydrogen-bond donors (Lipinski definition) is 3. The molecule has 44 heavy (non-hydrogen) atoms. The minimum atomic E-state index is -4.44. The second-order valence-corrected chi connectivity index (χ2v) is 12.2. The molecule has 3 aromatic carbocycles. The zero-order chi connectivity index (χ0) is 31.5. The van der Waals surface area contributed by atoms with Crippen LogP contribution in [0.4, 0.5) is 10.2 Å². The first-order valence-corrected chi connectivity index (χ1v) is 15.3. The summed E-state index contributed by atoms with van der Waals surface area (Å²) in [7, 11) is -4.44. The second-order valence-electron chi connectivity index (χ2n) is 10.5. The Morgan fingerprint density at radius 2 is 1.86 bits per heavy atom. The average Bonchev–Trinajstić information content (AvgIpc) is 3.23. The topological polar surface area (TPSA) is 164 Å². The van der Waals surface area contributed by atoms with Crippen molar-refractivity contribution in [2.24, 2.45) is 0 Å². The number of anilines is 1. The third-order valence-electron chi connectivity index (χ3n) is 7.13. The number of aliphatic hydroxyl groups excluding tert-OH is 1. The molecule has 0 aliphatic carbocycles. The molecule has 1 aliphatic heterocycles. The van der Waals surface area contributed by atoms with Gasteiger partial charge in [-0.1, -0.05) is 66.7 Å². The van der Waals surface area contributed by atoms with Crippen molar-refractivity contribution >= 4 is 30.3 Å². The van der Waals surface area contributed by atoms with Crippen LogP contribution in [-0.4, -0.2) is 51.2 Å². The summed E-state index contributed by atoms with van der Waals surface area (Å²) >= 11 is 0. The summed E-state index contributed by atoms with van der Waals surface area (Å²) in [5.74, 6) is -0.619. The Morgan fingerprint density at radius 3 is 2.61 bits per heavy atom. The van der Waals surface area contributed by atoms with Crippen LogP contribution >= 0.6 is 7.75 Å². The fourth-order valence-electron chi connectivity index (χ4n) is 4.76. The van der Waals surface area contributed by atoms with Crippen molar-refractivity contribution in [1.82, 2.24) is 14.6 Å². The van der Waals surface area contributed by atoms with Gasteiger partial charge in [0, 0.05) is 11.6 Å². The van der Waals surface area contributed by atoms with Crippen molar-refractivity contribution in [3.8, 4) is 5.75 Å². The van der Waals surface area contributed by atoms with Crippen LogP contribution in [0.2, 0.25) is 0 Å². The van der Waals surface area contributed by atoms with E-state index in [1.54, 1.807) is 48.5 Å². The number of aromatic nitrogens is 2. The number of carbonyl (C=O) groups excluding carboxylic acids is 1. The molecule has 232 valence electrons.